The van der Waals surface area contributed by atoms with E-state index in [0.717, 1.165) is 5.56 Å². The number of nitriles is 1. The predicted molar refractivity (Wildman–Crippen MR) is 103 cm³/mol. The van der Waals surface area contributed by atoms with Crippen molar-refractivity contribution in [2.45, 2.75) is 30.7 Å². The number of hydrogen-bond donors (Lipinski definition) is 1. The molecule has 0 aliphatic carbocycles. The molecule has 3 rings (SSSR count). The fourth-order valence-corrected chi connectivity index (χ4v) is 4.75. The van der Waals surface area contributed by atoms with Crippen molar-refractivity contribution in [3.63, 3.8) is 0 Å². The molecule has 7 nitrogen and oxygen atoms in total. The molecule has 1 aliphatic heterocycles. The van der Waals surface area contributed by atoms with Crippen LogP contribution < -0.4 is 5.32 Å². The van der Waals surface area contributed by atoms with Crippen LogP contribution in [0, 0.1) is 17.2 Å². The van der Waals surface area contributed by atoms with Crippen molar-refractivity contribution >= 4 is 15.9 Å². The minimum absolute atomic E-state index is 0.0558. The second-order valence-corrected chi connectivity index (χ2v) is 8.76. The normalized spacial score (nSPS) is 16.9. The number of carbonyl (C=O) groups excluding carboxylic acids is 1. The van der Waals surface area contributed by atoms with Crippen LogP contribution in [0.15, 0.2) is 53.7 Å². The van der Waals surface area contributed by atoms with Gasteiger partial charge in [-0.15, -0.1) is 0 Å². The molecule has 0 bridgehead atoms. The van der Waals surface area contributed by atoms with Gasteiger partial charge in [0.2, 0.25) is 15.9 Å². The molecule has 1 fully saturated rings. The van der Waals surface area contributed by atoms with Crippen molar-refractivity contribution in [3.05, 3.63) is 59.9 Å². The summed E-state index contributed by atoms with van der Waals surface area (Å²) in [7, 11) is -3.62. The number of nitrogens with zero attached hydrogens (tertiary/aromatic N) is 3. The monoisotopic (exact) mass is 398 g/mol. The van der Waals surface area contributed by atoms with Crippen LogP contribution in [0.4, 0.5) is 0 Å². The number of amides is 1. The second kappa shape index (κ2) is 8.50. The number of carbonyl (C=O) groups is 1. The maximum atomic E-state index is 12.8. The van der Waals surface area contributed by atoms with Crippen molar-refractivity contribution < 1.29 is 13.2 Å². The van der Waals surface area contributed by atoms with Gasteiger partial charge in [-0.05, 0) is 61.7 Å². The highest BCUT2D eigenvalue weighted by Crippen LogP contribution is 2.25. The number of rotatable bonds is 5. The quantitative estimate of drug-likeness (QED) is 0.832. The lowest BCUT2D eigenvalue weighted by Gasteiger charge is -2.31. The summed E-state index contributed by atoms with van der Waals surface area (Å²) in [6.07, 6.45) is 4.32. The Morgan fingerprint density at radius 2 is 1.79 bits per heavy atom. The third-order valence-electron chi connectivity index (χ3n) is 5.01. The fourth-order valence-electron chi connectivity index (χ4n) is 3.28. The molecular weight excluding hydrogens is 376 g/mol. The molecule has 0 spiro atoms. The Morgan fingerprint density at radius 3 is 2.36 bits per heavy atom. The first-order chi connectivity index (χ1) is 13.4. The summed E-state index contributed by atoms with van der Waals surface area (Å²) in [6, 6.07) is 11.4. The average molecular weight is 398 g/mol. The maximum absolute atomic E-state index is 12.8. The fraction of sp³-hybridized carbons (Fsp3) is 0.350. The lowest BCUT2D eigenvalue weighted by Crippen LogP contribution is -2.43. The highest BCUT2D eigenvalue weighted by Gasteiger charge is 2.32. The van der Waals surface area contributed by atoms with Crippen molar-refractivity contribution in [2.75, 3.05) is 13.1 Å². The Balaban J connectivity index is 1.59. The Morgan fingerprint density at radius 1 is 1.18 bits per heavy atom. The third kappa shape index (κ3) is 4.38. The van der Waals surface area contributed by atoms with Gasteiger partial charge in [0, 0.05) is 31.4 Å². The number of piperidine rings is 1. The molecule has 1 aliphatic rings. The van der Waals surface area contributed by atoms with Crippen LogP contribution in [-0.2, 0) is 14.8 Å². The van der Waals surface area contributed by atoms with Gasteiger partial charge in [0.25, 0.3) is 0 Å². The average Bonchev–Trinajstić information content (AvgIpc) is 2.74. The summed E-state index contributed by atoms with van der Waals surface area (Å²) in [5.74, 6) is -0.267. The van der Waals surface area contributed by atoms with Gasteiger partial charge in [-0.3, -0.25) is 9.78 Å². The molecule has 1 amide bonds. The summed E-state index contributed by atoms with van der Waals surface area (Å²) in [4.78, 5) is 16.7. The first-order valence-corrected chi connectivity index (χ1v) is 10.6. The van der Waals surface area contributed by atoms with E-state index >= 15 is 0 Å². The third-order valence-corrected chi connectivity index (χ3v) is 6.92. The van der Waals surface area contributed by atoms with Gasteiger partial charge in [0.1, 0.15) is 0 Å². The zero-order valence-electron chi connectivity index (χ0n) is 15.6. The van der Waals surface area contributed by atoms with Gasteiger partial charge >= 0.3 is 0 Å². The number of pyridine rings is 1. The Bertz CT molecular complexity index is 961. The van der Waals surface area contributed by atoms with Crippen LogP contribution in [0.2, 0.25) is 0 Å². The van der Waals surface area contributed by atoms with Crippen LogP contribution in [-0.4, -0.2) is 36.7 Å². The van der Waals surface area contributed by atoms with E-state index in [1.165, 1.54) is 28.6 Å². The van der Waals surface area contributed by atoms with Crippen LogP contribution in [0.1, 0.15) is 36.9 Å². The minimum Gasteiger partial charge on any atom is -0.349 e. The molecule has 1 atom stereocenters. The number of nitrogens with one attached hydrogen (secondary N) is 1. The van der Waals surface area contributed by atoms with Crippen molar-refractivity contribution in [1.29, 1.82) is 5.26 Å². The molecule has 2 aromatic rings. The summed E-state index contributed by atoms with van der Waals surface area (Å²) >= 11 is 0. The van der Waals surface area contributed by atoms with E-state index in [4.69, 9.17) is 5.26 Å². The van der Waals surface area contributed by atoms with Crippen LogP contribution >= 0.6 is 0 Å². The van der Waals surface area contributed by atoms with E-state index < -0.39 is 10.0 Å². The van der Waals surface area contributed by atoms with Gasteiger partial charge in [0.05, 0.1) is 22.6 Å². The number of sulfonamides is 1. The van der Waals surface area contributed by atoms with Crippen LogP contribution in [0.3, 0.4) is 0 Å². The summed E-state index contributed by atoms with van der Waals surface area (Å²) < 4.78 is 26.9. The molecule has 1 saturated heterocycles. The van der Waals surface area contributed by atoms with Crippen LogP contribution in [0.25, 0.3) is 0 Å². The first-order valence-electron chi connectivity index (χ1n) is 9.12. The van der Waals surface area contributed by atoms with E-state index in [0.29, 0.717) is 31.5 Å². The summed E-state index contributed by atoms with van der Waals surface area (Å²) in [5.41, 5.74) is 1.39. The number of hydrogen-bond acceptors (Lipinski definition) is 5. The SMILES string of the molecule is CC(NC(=O)C1CCN(S(=O)(=O)c2ccc(C#N)cc2)CC1)c1ccncc1. The molecule has 8 heteroatoms. The lowest BCUT2D eigenvalue weighted by atomic mass is 9.96. The number of aromatic nitrogens is 1. The van der Waals surface area contributed by atoms with Crippen molar-refractivity contribution in [3.8, 4) is 6.07 Å². The maximum Gasteiger partial charge on any atom is 0.243 e. The van der Waals surface area contributed by atoms with Crippen molar-refractivity contribution in [2.24, 2.45) is 5.92 Å². The predicted octanol–water partition coefficient (Wildman–Crippen LogP) is 2.23. The smallest absolute Gasteiger partial charge is 0.243 e. The number of benzene rings is 1. The molecule has 0 radical (unpaired) electrons. The summed E-state index contributed by atoms with van der Waals surface area (Å²) in [6.45, 7) is 2.51. The second-order valence-electron chi connectivity index (χ2n) is 6.83. The Hall–Kier alpha value is -2.76. The molecule has 146 valence electrons. The molecule has 1 unspecified atom stereocenters. The zero-order chi connectivity index (χ0) is 20.1. The van der Waals surface area contributed by atoms with E-state index in [2.05, 4.69) is 10.3 Å². The molecule has 0 saturated carbocycles. The Labute approximate surface area is 165 Å². The van der Waals surface area contributed by atoms with Crippen LogP contribution in [0.5, 0.6) is 0 Å². The molecule has 1 aromatic heterocycles. The van der Waals surface area contributed by atoms with Gasteiger partial charge in [-0.25, -0.2) is 8.42 Å². The molecular formula is C20H22N4O3S. The molecule has 28 heavy (non-hydrogen) atoms. The largest absolute Gasteiger partial charge is 0.349 e. The highest BCUT2D eigenvalue weighted by atomic mass is 32.2. The van der Waals surface area contributed by atoms with Gasteiger partial charge in [-0.1, -0.05) is 0 Å². The van der Waals surface area contributed by atoms with E-state index in [1.807, 2.05) is 25.1 Å². The zero-order valence-corrected chi connectivity index (χ0v) is 16.4. The van der Waals surface area contributed by atoms with Gasteiger partial charge < -0.3 is 5.32 Å². The van der Waals surface area contributed by atoms with E-state index in [-0.39, 0.29) is 22.8 Å². The van der Waals surface area contributed by atoms with Gasteiger partial charge in [-0.2, -0.15) is 9.57 Å². The molecule has 1 N–H and O–H groups in total. The first kappa shape index (κ1) is 20.0. The van der Waals surface area contributed by atoms with E-state index in [9.17, 15) is 13.2 Å². The molecule has 1 aromatic carbocycles. The minimum atomic E-state index is -3.62. The van der Waals surface area contributed by atoms with Gasteiger partial charge in [0.15, 0.2) is 0 Å². The summed E-state index contributed by atoms with van der Waals surface area (Å²) in [5, 5.41) is 11.8. The Kier molecular flexibility index (Phi) is 6.07. The highest BCUT2D eigenvalue weighted by molar-refractivity contribution is 7.89. The van der Waals surface area contributed by atoms with E-state index in [1.54, 1.807) is 12.4 Å². The molecule has 2 heterocycles. The topological polar surface area (TPSA) is 103 Å². The van der Waals surface area contributed by atoms with Crippen molar-refractivity contribution in [1.82, 2.24) is 14.6 Å². The lowest BCUT2D eigenvalue weighted by molar-refractivity contribution is -0.126. The standard InChI is InChI=1S/C20H22N4O3S/c1-15(17-6-10-22-11-7-17)23-20(25)18-8-12-24(13-9-18)28(26,27)19-4-2-16(14-21)3-5-19/h2-7,10-11,15,18H,8-9,12-13H2,1H3,(H,23,25).